The number of carbonyl (C=O) groups excluding carboxylic acids is 5. The lowest BCUT2D eigenvalue weighted by molar-refractivity contribution is -0.111. The number of carbonyl (C=O) groups is 5. The summed E-state index contributed by atoms with van der Waals surface area (Å²) in [4.78, 5) is 83.9. The predicted octanol–water partition coefficient (Wildman–Crippen LogP) is 7.38. The molecule has 2 heterocycles. The van der Waals surface area contributed by atoms with Gasteiger partial charge in [-0.15, -0.1) is 0 Å². The molecule has 58 heavy (non-hydrogen) atoms. The Morgan fingerprint density at radius 1 is 0.828 bits per heavy atom. The van der Waals surface area contributed by atoms with Crippen molar-refractivity contribution in [2.24, 2.45) is 0 Å². The molecule has 0 unspecified atom stereocenters. The smallest absolute Gasteiger partial charge is 0.423 e. The van der Waals surface area contributed by atoms with Gasteiger partial charge in [-0.2, -0.15) is 4.90 Å². The minimum absolute atomic E-state index is 0.0369. The summed E-state index contributed by atoms with van der Waals surface area (Å²) < 4.78 is 22.1. The van der Waals surface area contributed by atoms with Gasteiger partial charge < -0.3 is 34.1 Å². The highest BCUT2D eigenvalue weighted by Crippen LogP contribution is 2.47. The van der Waals surface area contributed by atoms with E-state index in [1.54, 1.807) is 46.4 Å². The first-order valence-corrected chi connectivity index (χ1v) is 18.7. The van der Waals surface area contributed by atoms with Crippen molar-refractivity contribution in [3.63, 3.8) is 0 Å². The van der Waals surface area contributed by atoms with Gasteiger partial charge >= 0.3 is 18.2 Å². The van der Waals surface area contributed by atoms with E-state index in [-0.39, 0.29) is 61.7 Å². The first-order valence-electron chi connectivity index (χ1n) is 17.9. The van der Waals surface area contributed by atoms with E-state index in [1.807, 2.05) is 7.05 Å². The van der Waals surface area contributed by atoms with Crippen LogP contribution >= 0.6 is 23.2 Å². The monoisotopic (exact) mass is 842 g/mol. The van der Waals surface area contributed by atoms with E-state index in [0.29, 0.717) is 31.1 Å². The molecule has 4 rings (SSSR count). The van der Waals surface area contributed by atoms with Crippen LogP contribution in [0.5, 0.6) is 11.5 Å². The number of hydrogen-bond acceptors (Lipinski definition) is 12. The zero-order valence-electron chi connectivity index (χ0n) is 34.1. The van der Waals surface area contributed by atoms with Crippen molar-refractivity contribution in [3.8, 4) is 11.5 Å². The maximum Gasteiger partial charge on any atom is 0.423 e. The molecule has 19 heteroatoms. The normalized spacial score (nSPS) is 13.2. The number of ether oxygens (including phenoxy) is 4. The average Bonchev–Trinajstić information content (AvgIpc) is 3.15. The average molecular weight is 844 g/mol. The molecule has 2 aromatic carbocycles. The second kappa shape index (κ2) is 18.3. The van der Waals surface area contributed by atoms with Crippen molar-refractivity contribution in [1.29, 1.82) is 0 Å². The Labute approximate surface area is 347 Å². The minimum Gasteiger partial charge on any atom is -0.495 e. The van der Waals surface area contributed by atoms with Crippen LogP contribution < -0.4 is 29.5 Å². The number of halogens is 2. The summed E-state index contributed by atoms with van der Waals surface area (Å²) in [5.74, 6) is -1.08. The highest BCUT2D eigenvalue weighted by atomic mass is 35.5. The van der Waals surface area contributed by atoms with Gasteiger partial charge in [0.05, 0.1) is 25.6 Å². The topological polar surface area (TPSA) is 176 Å². The van der Waals surface area contributed by atoms with Gasteiger partial charge in [0.25, 0.3) is 5.91 Å². The third-order valence-corrected chi connectivity index (χ3v) is 9.06. The van der Waals surface area contributed by atoms with Crippen molar-refractivity contribution in [2.75, 3.05) is 74.5 Å². The lowest BCUT2D eigenvalue weighted by atomic mass is 10.1. The molecule has 0 aliphatic carbocycles. The number of methoxy groups -OCH3 is 2. The van der Waals surface area contributed by atoms with Gasteiger partial charge in [-0.1, -0.05) is 29.8 Å². The summed E-state index contributed by atoms with van der Waals surface area (Å²) in [6.45, 7) is 15.7. The minimum atomic E-state index is -1.15. The Morgan fingerprint density at radius 3 is 1.91 bits per heavy atom. The maximum atomic E-state index is 14.5. The number of aromatic nitrogens is 2. The molecule has 0 bridgehead atoms. The molecular weight excluding hydrogens is 795 g/mol. The van der Waals surface area contributed by atoms with Gasteiger partial charge in [-0.3, -0.25) is 14.5 Å². The van der Waals surface area contributed by atoms with Crippen LogP contribution in [0.4, 0.5) is 43.1 Å². The van der Waals surface area contributed by atoms with E-state index >= 15 is 0 Å². The number of rotatable bonds is 9. The molecule has 0 atom stereocenters. The van der Waals surface area contributed by atoms with Gasteiger partial charge in [0.2, 0.25) is 5.91 Å². The van der Waals surface area contributed by atoms with E-state index in [9.17, 15) is 24.0 Å². The number of hydrogen-bond donors (Lipinski definition) is 1. The summed E-state index contributed by atoms with van der Waals surface area (Å²) in [7, 11) is 5.93. The number of nitrogens with zero attached hydrogens (tertiary/aromatic N) is 7. The number of benzene rings is 2. The summed E-state index contributed by atoms with van der Waals surface area (Å²) in [5, 5.41) is 2.28. The zero-order valence-corrected chi connectivity index (χ0v) is 35.6. The van der Waals surface area contributed by atoms with Crippen LogP contribution in [0.3, 0.4) is 0 Å². The third kappa shape index (κ3) is 10.6. The fourth-order valence-corrected chi connectivity index (χ4v) is 6.17. The summed E-state index contributed by atoms with van der Waals surface area (Å²) in [6.07, 6.45) is 0.0239. The largest absolute Gasteiger partial charge is 0.495 e. The molecule has 1 aliphatic heterocycles. The van der Waals surface area contributed by atoms with Crippen LogP contribution in [0.2, 0.25) is 10.0 Å². The number of piperazine rings is 1. The maximum absolute atomic E-state index is 14.5. The van der Waals surface area contributed by atoms with Gasteiger partial charge in [-0.05, 0) is 72.9 Å². The number of likely N-dealkylation sites (N-methyl/N-ethyl adjacent to an activating group) is 1. The number of urea groups is 1. The van der Waals surface area contributed by atoms with E-state index < -0.39 is 35.3 Å². The number of nitrogens with one attached hydrogen (secondary N) is 1. The van der Waals surface area contributed by atoms with E-state index in [0.717, 1.165) is 22.2 Å². The van der Waals surface area contributed by atoms with Gasteiger partial charge in [-0.25, -0.2) is 29.3 Å². The quantitative estimate of drug-likeness (QED) is 0.212. The van der Waals surface area contributed by atoms with Crippen molar-refractivity contribution in [3.05, 3.63) is 64.9 Å². The van der Waals surface area contributed by atoms with Crippen molar-refractivity contribution in [1.82, 2.24) is 19.8 Å². The predicted molar refractivity (Wildman–Crippen MR) is 221 cm³/mol. The SMILES string of the molecule is C=CC(=O)Nc1cc(C(=O)N2CCN(C)CC2)ccc1N(C(=O)OC(C)(C)C)c1cc(N(C)C(=O)N(C(=O)OC(C)(C)C)c2c(Cl)c(OC)cc(OC)c2Cl)ncn1. The van der Waals surface area contributed by atoms with E-state index in [1.165, 1.54) is 51.6 Å². The van der Waals surface area contributed by atoms with Gasteiger partial charge in [0.1, 0.15) is 56.4 Å². The molecule has 3 aromatic rings. The molecular formula is C39H48Cl2N8O9. The lowest BCUT2D eigenvalue weighted by Crippen LogP contribution is -2.48. The van der Waals surface area contributed by atoms with Crippen LogP contribution in [-0.2, 0) is 14.3 Å². The Hall–Kier alpha value is -5.65. The van der Waals surface area contributed by atoms with Crippen LogP contribution in [-0.4, -0.2) is 115 Å². The Morgan fingerprint density at radius 2 is 1.38 bits per heavy atom. The summed E-state index contributed by atoms with van der Waals surface area (Å²) >= 11 is 13.4. The summed E-state index contributed by atoms with van der Waals surface area (Å²) in [6, 6.07) is 6.04. The summed E-state index contributed by atoms with van der Waals surface area (Å²) in [5.41, 5.74) is -2.04. The Kier molecular flexibility index (Phi) is 14.2. The van der Waals surface area contributed by atoms with Crippen LogP contribution in [0.1, 0.15) is 51.9 Å². The van der Waals surface area contributed by atoms with Crippen LogP contribution in [0, 0.1) is 0 Å². The van der Waals surface area contributed by atoms with Gasteiger partial charge in [0, 0.05) is 50.9 Å². The molecule has 0 spiro atoms. The molecule has 1 saturated heterocycles. The Bertz CT molecular complexity index is 2050. The zero-order chi connectivity index (χ0) is 43.3. The van der Waals surface area contributed by atoms with Crippen molar-refractivity contribution >= 4 is 81.9 Å². The number of amides is 6. The lowest BCUT2D eigenvalue weighted by Gasteiger charge is -2.33. The molecule has 1 fully saturated rings. The molecule has 0 saturated carbocycles. The molecule has 312 valence electrons. The second-order valence-electron chi connectivity index (χ2n) is 15.0. The first-order chi connectivity index (χ1) is 27.1. The fourth-order valence-electron chi connectivity index (χ4n) is 5.50. The highest BCUT2D eigenvalue weighted by molar-refractivity contribution is 6.43. The highest BCUT2D eigenvalue weighted by Gasteiger charge is 2.38. The van der Waals surface area contributed by atoms with Crippen molar-refractivity contribution < 1.29 is 42.9 Å². The molecule has 17 nitrogen and oxygen atoms in total. The first kappa shape index (κ1) is 45.1. The molecule has 1 aliphatic rings. The molecule has 0 radical (unpaired) electrons. The third-order valence-electron chi connectivity index (χ3n) is 8.33. The molecule has 1 aromatic heterocycles. The van der Waals surface area contributed by atoms with E-state index in [2.05, 4.69) is 26.8 Å². The van der Waals surface area contributed by atoms with Crippen LogP contribution in [0.25, 0.3) is 0 Å². The van der Waals surface area contributed by atoms with Crippen LogP contribution in [0.15, 0.2) is 49.3 Å². The standard InChI is InChI=1S/C39H48Cl2N8O9/c1-12-30(50)44-24-19-23(34(51)47-17-15-45(8)16-18-47)13-14-25(24)48(36(53)57-38(2,3)4)29-21-28(42-22-43-29)46(9)35(52)49(37(54)58-39(5,6)7)33-31(40)26(55-10)20-27(56-11)32(33)41/h12-14,19-22H,1,15-18H2,2-11H3,(H,44,50). The van der Waals surface area contributed by atoms with E-state index in [4.69, 9.17) is 42.1 Å². The fraction of sp³-hybridized carbons (Fsp3) is 0.410. The second-order valence-corrected chi connectivity index (χ2v) is 15.7. The molecule has 1 N–H and O–H groups in total. The molecule has 6 amide bonds. The number of anilines is 5. The van der Waals surface area contributed by atoms with Crippen molar-refractivity contribution in [2.45, 2.75) is 52.7 Å². The van der Waals surface area contributed by atoms with Gasteiger partial charge in [0.15, 0.2) is 0 Å². The number of imide groups is 1. The Balaban J connectivity index is 1.88.